The van der Waals surface area contributed by atoms with Crippen molar-refractivity contribution >= 4 is 17.6 Å². The zero-order valence-electron chi connectivity index (χ0n) is 9.47. The molecule has 18 heavy (non-hydrogen) atoms. The number of aryl methyl sites for hydroxylation is 1. The smallest absolute Gasteiger partial charge is 0.303 e. The lowest BCUT2D eigenvalue weighted by Gasteiger charge is -1.98. The second kappa shape index (κ2) is 5.64. The largest absolute Gasteiger partial charge is 0.481 e. The highest BCUT2D eigenvalue weighted by Gasteiger charge is 2.10. The van der Waals surface area contributed by atoms with Gasteiger partial charge in [-0.3, -0.25) is 4.79 Å². The number of carbonyl (C=O) groups is 1. The van der Waals surface area contributed by atoms with Gasteiger partial charge in [0.05, 0.1) is 12.8 Å². The molecule has 6 heteroatoms. The van der Waals surface area contributed by atoms with Crippen LogP contribution in [0.5, 0.6) is 0 Å². The number of carboxylic acids is 1. The van der Waals surface area contributed by atoms with Gasteiger partial charge in [-0.15, -0.1) is 0 Å². The van der Waals surface area contributed by atoms with Crippen LogP contribution in [0.4, 0.5) is 0 Å². The van der Waals surface area contributed by atoms with Crippen molar-refractivity contribution < 1.29 is 14.4 Å². The van der Waals surface area contributed by atoms with E-state index in [4.69, 9.17) is 21.2 Å². The molecular formula is C12H11ClN2O3. The first-order valence-corrected chi connectivity index (χ1v) is 5.79. The van der Waals surface area contributed by atoms with Gasteiger partial charge in [-0.05, 0) is 11.6 Å². The SMILES string of the molecule is O=C(O)CCc1noc(Cc2ccccc2Cl)n1. The first-order chi connectivity index (χ1) is 8.65. The number of benzene rings is 1. The standard InChI is InChI=1S/C12H11ClN2O3/c13-9-4-2-1-3-8(9)7-11-14-10(15-18-11)5-6-12(16)17/h1-4H,5-7H2,(H,16,17). The lowest BCUT2D eigenvalue weighted by Crippen LogP contribution is -1.99. The number of carboxylic acid groups (broad SMARTS) is 1. The fraction of sp³-hybridized carbons (Fsp3) is 0.250. The molecule has 0 aliphatic rings. The Labute approximate surface area is 108 Å². The highest BCUT2D eigenvalue weighted by molar-refractivity contribution is 6.31. The molecule has 0 aliphatic heterocycles. The number of hydrogen-bond donors (Lipinski definition) is 1. The monoisotopic (exact) mass is 266 g/mol. The summed E-state index contributed by atoms with van der Waals surface area (Å²) in [4.78, 5) is 14.5. The Hall–Kier alpha value is -1.88. The van der Waals surface area contributed by atoms with E-state index in [2.05, 4.69) is 10.1 Å². The van der Waals surface area contributed by atoms with Gasteiger partial charge in [-0.25, -0.2) is 0 Å². The van der Waals surface area contributed by atoms with E-state index in [9.17, 15) is 4.79 Å². The minimum atomic E-state index is -0.882. The predicted molar refractivity (Wildman–Crippen MR) is 64.5 cm³/mol. The van der Waals surface area contributed by atoms with Crippen LogP contribution >= 0.6 is 11.6 Å². The molecule has 94 valence electrons. The van der Waals surface area contributed by atoms with E-state index < -0.39 is 5.97 Å². The third-order valence-corrected chi connectivity index (χ3v) is 2.74. The van der Waals surface area contributed by atoms with Crippen molar-refractivity contribution in [1.82, 2.24) is 10.1 Å². The molecule has 0 aliphatic carbocycles. The topological polar surface area (TPSA) is 76.2 Å². The molecule has 5 nitrogen and oxygen atoms in total. The molecule has 2 aromatic rings. The minimum absolute atomic E-state index is 0.00886. The number of rotatable bonds is 5. The van der Waals surface area contributed by atoms with E-state index >= 15 is 0 Å². The van der Waals surface area contributed by atoms with Gasteiger partial charge in [0.15, 0.2) is 5.82 Å². The van der Waals surface area contributed by atoms with E-state index in [0.29, 0.717) is 23.2 Å². The van der Waals surface area contributed by atoms with Gasteiger partial charge in [0.25, 0.3) is 0 Å². The quantitative estimate of drug-likeness (QED) is 0.899. The van der Waals surface area contributed by atoms with Crippen molar-refractivity contribution in [1.29, 1.82) is 0 Å². The van der Waals surface area contributed by atoms with Gasteiger partial charge in [0, 0.05) is 11.4 Å². The molecule has 2 rings (SSSR count). The number of aromatic nitrogens is 2. The molecule has 0 radical (unpaired) electrons. The van der Waals surface area contributed by atoms with Gasteiger partial charge >= 0.3 is 5.97 Å². The molecule has 0 fully saturated rings. The van der Waals surface area contributed by atoms with E-state index in [-0.39, 0.29) is 12.8 Å². The molecule has 1 N–H and O–H groups in total. The Kier molecular flexibility index (Phi) is 3.94. The Morgan fingerprint density at radius 1 is 1.39 bits per heavy atom. The number of aliphatic carboxylic acids is 1. The van der Waals surface area contributed by atoms with Crippen LogP contribution in [0, 0.1) is 0 Å². The van der Waals surface area contributed by atoms with Crippen LogP contribution in [0.3, 0.4) is 0 Å². The number of halogens is 1. The molecule has 0 bridgehead atoms. The number of nitrogens with zero attached hydrogens (tertiary/aromatic N) is 2. The van der Waals surface area contributed by atoms with Crippen molar-refractivity contribution in [3.8, 4) is 0 Å². The zero-order valence-corrected chi connectivity index (χ0v) is 10.2. The molecule has 0 saturated carbocycles. The van der Waals surface area contributed by atoms with Gasteiger partial charge in [-0.2, -0.15) is 4.98 Å². The van der Waals surface area contributed by atoms with Crippen LogP contribution in [0.25, 0.3) is 0 Å². The lowest BCUT2D eigenvalue weighted by atomic mass is 10.1. The van der Waals surface area contributed by atoms with Crippen molar-refractivity contribution in [3.05, 3.63) is 46.6 Å². The highest BCUT2D eigenvalue weighted by atomic mass is 35.5. The van der Waals surface area contributed by atoms with Crippen LogP contribution in [0.15, 0.2) is 28.8 Å². The van der Waals surface area contributed by atoms with Gasteiger partial charge in [-0.1, -0.05) is 35.0 Å². The average molecular weight is 267 g/mol. The maximum absolute atomic E-state index is 10.4. The maximum Gasteiger partial charge on any atom is 0.303 e. The third-order valence-electron chi connectivity index (χ3n) is 2.37. The molecule has 1 aromatic carbocycles. The fourth-order valence-electron chi connectivity index (χ4n) is 1.49. The molecule has 0 amide bonds. The van der Waals surface area contributed by atoms with Gasteiger partial charge < -0.3 is 9.63 Å². The molecule has 1 aromatic heterocycles. The molecule has 0 unspecified atom stereocenters. The van der Waals surface area contributed by atoms with Gasteiger partial charge in [0.1, 0.15) is 0 Å². The Bertz CT molecular complexity index is 554. The summed E-state index contributed by atoms with van der Waals surface area (Å²) in [6.07, 6.45) is 0.701. The summed E-state index contributed by atoms with van der Waals surface area (Å²) in [5.41, 5.74) is 0.896. The Balaban J connectivity index is 2.02. The van der Waals surface area contributed by atoms with Crippen LogP contribution in [0.1, 0.15) is 23.7 Å². The fourth-order valence-corrected chi connectivity index (χ4v) is 1.69. The van der Waals surface area contributed by atoms with Crippen molar-refractivity contribution in [2.75, 3.05) is 0 Å². The summed E-state index contributed by atoms with van der Waals surface area (Å²) >= 11 is 6.02. The van der Waals surface area contributed by atoms with E-state index in [1.54, 1.807) is 6.07 Å². The van der Waals surface area contributed by atoms with Crippen molar-refractivity contribution in [2.24, 2.45) is 0 Å². The lowest BCUT2D eigenvalue weighted by molar-refractivity contribution is -0.137. The summed E-state index contributed by atoms with van der Waals surface area (Å²) in [6.45, 7) is 0. The summed E-state index contributed by atoms with van der Waals surface area (Å²) in [6, 6.07) is 7.39. The first kappa shape index (κ1) is 12.6. The Morgan fingerprint density at radius 3 is 2.89 bits per heavy atom. The molecular weight excluding hydrogens is 256 g/mol. The van der Waals surface area contributed by atoms with E-state index in [0.717, 1.165) is 5.56 Å². The van der Waals surface area contributed by atoms with Crippen LogP contribution in [0.2, 0.25) is 5.02 Å². The summed E-state index contributed by atoms with van der Waals surface area (Å²) < 4.78 is 5.04. The summed E-state index contributed by atoms with van der Waals surface area (Å²) in [7, 11) is 0. The molecule has 0 atom stereocenters. The third kappa shape index (κ3) is 3.30. The second-order valence-corrected chi connectivity index (χ2v) is 4.17. The molecule has 0 saturated heterocycles. The highest BCUT2D eigenvalue weighted by Crippen LogP contribution is 2.18. The average Bonchev–Trinajstić information content (AvgIpc) is 2.77. The maximum atomic E-state index is 10.4. The zero-order chi connectivity index (χ0) is 13.0. The van der Waals surface area contributed by atoms with Crippen LogP contribution < -0.4 is 0 Å². The van der Waals surface area contributed by atoms with Crippen LogP contribution in [-0.4, -0.2) is 21.2 Å². The normalized spacial score (nSPS) is 10.5. The summed E-state index contributed by atoms with van der Waals surface area (Å²) in [5, 5.41) is 12.9. The molecule has 0 spiro atoms. The second-order valence-electron chi connectivity index (χ2n) is 3.77. The van der Waals surface area contributed by atoms with Crippen molar-refractivity contribution in [3.63, 3.8) is 0 Å². The summed E-state index contributed by atoms with van der Waals surface area (Å²) in [5.74, 6) is -0.0459. The van der Waals surface area contributed by atoms with E-state index in [1.807, 2.05) is 18.2 Å². The van der Waals surface area contributed by atoms with Crippen LogP contribution in [-0.2, 0) is 17.6 Å². The van der Waals surface area contributed by atoms with Gasteiger partial charge in [0.2, 0.25) is 5.89 Å². The molecule has 1 heterocycles. The Morgan fingerprint density at radius 2 is 2.17 bits per heavy atom. The van der Waals surface area contributed by atoms with E-state index in [1.165, 1.54) is 0 Å². The predicted octanol–water partition coefficient (Wildman–Crippen LogP) is 2.33. The first-order valence-electron chi connectivity index (χ1n) is 5.42. The number of hydrogen-bond acceptors (Lipinski definition) is 4. The van der Waals surface area contributed by atoms with Crippen molar-refractivity contribution in [2.45, 2.75) is 19.3 Å². The minimum Gasteiger partial charge on any atom is -0.481 e.